The van der Waals surface area contributed by atoms with Gasteiger partial charge in [0.2, 0.25) is 11.8 Å². The number of nitrogens with one attached hydrogen (secondary N) is 2. The summed E-state index contributed by atoms with van der Waals surface area (Å²) in [5.74, 6) is 0.348. The van der Waals surface area contributed by atoms with Gasteiger partial charge >= 0.3 is 0 Å². The van der Waals surface area contributed by atoms with Crippen LogP contribution in [0.1, 0.15) is 5.56 Å². The monoisotopic (exact) mass is 469 g/mol. The van der Waals surface area contributed by atoms with Crippen molar-refractivity contribution in [3.63, 3.8) is 0 Å². The maximum Gasteiger partial charge on any atom is 0.243 e. The second-order valence-corrected chi connectivity index (χ2v) is 7.88. The molecule has 0 radical (unpaired) electrons. The van der Waals surface area contributed by atoms with Crippen LogP contribution in [0.2, 0.25) is 0 Å². The van der Waals surface area contributed by atoms with Gasteiger partial charge in [0.25, 0.3) is 0 Å². The molecule has 2 N–H and O–H groups in total. The first-order chi connectivity index (χ1) is 14.4. The third-order valence-corrected chi connectivity index (χ3v) is 5.26. The van der Waals surface area contributed by atoms with Crippen molar-refractivity contribution in [1.29, 1.82) is 0 Å². The van der Waals surface area contributed by atoms with Gasteiger partial charge in [-0.2, -0.15) is 0 Å². The maximum atomic E-state index is 12.2. The fraction of sp³-hybridized carbons (Fsp3) is 0.217. The van der Waals surface area contributed by atoms with E-state index in [0.717, 1.165) is 26.6 Å². The van der Waals surface area contributed by atoms with E-state index in [-0.39, 0.29) is 24.9 Å². The normalized spacial score (nSPS) is 10.8. The molecule has 156 valence electrons. The molecule has 0 fully saturated rings. The molecule has 6 nitrogen and oxygen atoms in total. The first kappa shape index (κ1) is 21.8. The molecular formula is C23H24BrN3O3. The number of ether oxygens (including phenoxy) is 1. The Bertz CT molecular complexity index is 1050. The van der Waals surface area contributed by atoms with Gasteiger partial charge in [-0.15, -0.1) is 0 Å². The second kappa shape index (κ2) is 10.2. The molecule has 0 saturated carbocycles. The van der Waals surface area contributed by atoms with Gasteiger partial charge in [-0.05, 0) is 69.6 Å². The molecule has 0 aliphatic heterocycles. The predicted molar refractivity (Wildman–Crippen MR) is 123 cm³/mol. The van der Waals surface area contributed by atoms with Crippen molar-refractivity contribution >= 4 is 44.2 Å². The van der Waals surface area contributed by atoms with Gasteiger partial charge < -0.3 is 15.4 Å². The van der Waals surface area contributed by atoms with Crippen LogP contribution >= 0.6 is 15.9 Å². The van der Waals surface area contributed by atoms with Gasteiger partial charge in [-0.1, -0.05) is 30.3 Å². The van der Waals surface area contributed by atoms with Gasteiger partial charge in [-0.3, -0.25) is 14.5 Å². The molecule has 2 amide bonds. The summed E-state index contributed by atoms with van der Waals surface area (Å²) in [5, 5.41) is 7.65. The van der Waals surface area contributed by atoms with E-state index >= 15 is 0 Å². The number of nitrogens with zero attached hydrogens (tertiary/aromatic N) is 1. The number of halogens is 1. The van der Waals surface area contributed by atoms with Crippen molar-refractivity contribution in [3.05, 3.63) is 70.7 Å². The zero-order chi connectivity index (χ0) is 21.5. The van der Waals surface area contributed by atoms with Crippen molar-refractivity contribution in [2.75, 3.05) is 32.6 Å². The smallest absolute Gasteiger partial charge is 0.243 e. The number of carbonyl (C=O) groups excluding carboxylic acids is 2. The second-order valence-electron chi connectivity index (χ2n) is 7.02. The molecule has 0 unspecified atom stereocenters. The summed E-state index contributed by atoms with van der Waals surface area (Å²) in [6.07, 6.45) is 0. The summed E-state index contributed by atoms with van der Waals surface area (Å²) < 4.78 is 6.05. The Kier molecular flexibility index (Phi) is 7.43. The SMILES string of the molecule is COc1ccc2cc(CN(C)CC(=O)NCC(=O)Nc3ccccc3Br)ccc2c1. The van der Waals surface area contributed by atoms with Gasteiger partial charge in [-0.25, -0.2) is 0 Å². The van der Waals surface area contributed by atoms with Crippen LogP contribution in [0, 0.1) is 0 Å². The van der Waals surface area contributed by atoms with Crippen LogP contribution in [-0.4, -0.2) is 44.0 Å². The van der Waals surface area contributed by atoms with Gasteiger partial charge in [0.05, 0.1) is 25.9 Å². The molecule has 0 spiro atoms. The van der Waals surface area contributed by atoms with Crippen LogP contribution in [0.25, 0.3) is 10.8 Å². The lowest BCUT2D eigenvalue weighted by Crippen LogP contribution is -2.39. The Morgan fingerprint density at radius 3 is 2.50 bits per heavy atom. The summed E-state index contributed by atoms with van der Waals surface area (Å²) in [6.45, 7) is 0.743. The lowest BCUT2D eigenvalue weighted by molar-refractivity contribution is -0.124. The molecule has 0 aromatic heterocycles. The zero-order valence-corrected chi connectivity index (χ0v) is 18.5. The van der Waals surface area contributed by atoms with Crippen LogP contribution < -0.4 is 15.4 Å². The molecular weight excluding hydrogens is 446 g/mol. The Morgan fingerprint density at radius 1 is 1.00 bits per heavy atom. The zero-order valence-electron chi connectivity index (χ0n) is 16.9. The van der Waals surface area contributed by atoms with E-state index in [4.69, 9.17) is 4.74 Å². The number of rotatable bonds is 8. The number of likely N-dealkylation sites (N-methyl/N-ethyl adjacent to an activating group) is 1. The van der Waals surface area contributed by atoms with E-state index in [2.05, 4.69) is 32.6 Å². The van der Waals surface area contributed by atoms with Gasteiger partial charge in [0.1, 0.15) is 5.75 Å². The third kappa shape index (κ3) is 6.05. The van der Waals surface area contributed by atoms with Crippen LogP contribution in [0.3, 0.4) is 0 Å². The molecule has 30 heavy (non-hydrogen) atoms. The molecule has 0 aliphatic carbocycles. The lowest BCUT2D eigenvalue weighted by Gasteiger charge is -2.17. The van der Waals surface area contributed by atoms with Crippen molar-refractivity contribution < 1.29 is 14.3 Å². The molecule has 0 aliphatic rings. The van der Waals surface area contributed by atoms with E-state index in [1.807, 2.05) is 60.5 Å². The summed E-state index contributed by atoms with van der Waals surface area (Å²) in [5.41, 5.74) is 1.78. The maximum absolute atomic E-state index is 12.2. The number of fused-ring (bicyclic) bond motifs is 1. The minimum Gasteiger partial charge on any atom is -0.497 e. The largest absolute Gasteiger partial charge is 0.497 e. The van der Waals surface area contributed by atoms with Crippen molar-refractivity contribution in [2.24, 2.45) is 0 Å². The number of amides is 2. The first-order valence-corrected chi connectivity index (χ1v) is 10.3. The molecule has 0 bridgehead atoms. The van der Waals surface area contributed by atoms with Gasteiger partial charge in [0.15, 0.2) is 0 Å². The minimum absolute atomic E-state index is 0.0776. The summed E-state index contributed by atoms with van der Waals surface area (Å²) in [6, 6.07) is 19.5. The van der Waals surface area contributed by atoms with E-state index in [9.17, 15) is 9.59 Å². The number of hydrogen-bond donors (Lipinski definition) is 2. The van der Waals surface area contributed by atoms with E-state index in [1.54, 1.807) is 13.2 Å². The molecule has 0 heterocycles. The number of hydrogen-bond acceptors (Lipinski definition) is 4. The molecule has 3 rings (SSSR count). The van der Waals surface area contributed by atoms with E-state index < -0.39 is 0 Å². The number of methoxy groups -OCH3 is 1. The summed E-state index contributed by atoms with van der Waals surface area (Å²) in [4.78, 5) is 26.1. The first-order valence-electron chi connectivity index (χ1n) is 9.51. The standard InChI is InChI=1S/C23H24BrN3O3/c1-27(14-16-7-8-18-12-19(30-2)10-9-17(18)11-16)15-23(29)25-13-22(28)26-21-6-4-3-5-20(21)24/h3-12H,13-15H2,1-2H3,(H,25,29)(H,26,28). The number of para-hydroxylation sites is 1. The molecule has 7 heteroatoms. The van der Waals surface area contributed by atoms with Crippen LogP contribution in [0.15, 0.2) is 65.1 Å². The Labute approximate surface area is 184 Å². The predicted octanol–water partition coefficient (Wildman–Crippen LogP) is 3.80. The van der Waals surface area contributed by atoms with Crippen LogP contribution in [0.5, 0.6) is 5.75 Å². The highest BCUT2D eigenvalue weighted by Gasteiger charge is 2.10. The molecule has 0 atom stereocenters. The van der Waals surface area contributed by atoms with Crippen molar-refractivity contribution in [1.82, 2.24) is 10.2 Å². The Morgan fingerprint density at radius 2 is 1.73 bits per heavy atom. The Balaban J connectivity index is 1.47. The fourth-order valence-electron chi connectivity index (χ4n) is 3.10. The molecule has 3 aromatic rings. The topological polar surface area (TPSA) is 70.7 Å². The van der Waals surface area contributed by atoms with Crippen molar-refractivity contribution in [2.45, 2.75) is 6.54 Å². The quantitative estimate of drug-likeness (QED) is 0.526. The third-order valence-electron chi connectivity index (χ3n) is 4.57. The Hall–Kier alpha value is -2.90. The lowest BCUT2D eigenvalue weighted by atomic mass is 10.1. The molecule has 3 aromatic carbocycles. The number of anilines is 1. The highest BCUT2D eigenvalue weighted by Crippen LogP contribution is 2.22. The highest BCUT2D eigenvalue weighted by atomic mass is 79.9. The summed E-state index contributed by atoms with van der Waals surface area (Å²) in [7, 11) is 3.53. The average molecular weight is 470 g/mol. The molecule has 0 saturated heterocycles. The number of carbonyl (C=O) groups is 2. The highest BCUT2D eigenvalue weighted by molar-refractivity contribution is 9.10. The van der Waals surface area contributed by atoms with Crippen molar-refractivity contribution in [3.8, 4) is 5.75 Å². The van der Waals surface area contributed by atoms with E-state index in [0.29, 0.717) is 12.2 Å². The number of benzene rings is 3. The summed E-state index contributed by atoms with van der Waals surface area (Å²) >= 11 is 3.38. The van der Waals surface area contributed by atoms with E-state index in [1.165, 1.54) is 0 Å². The van der Waals surface area contributed by atoms with Crippen LogP contribution in [-0.2, 0) is 16.1 Å². The van der Waals surface area contributed by atoms with Crippen LogP contribution in [0.4, 0.5) is 5.69 Å². The van der Waals surface area contributed by atoms with Gasteiger partial charge in [0, 0.05) is 11.0 Å². The minimum atomic E-state index is -0.275. The average Bonchev–Trinajstić information content (AvgIpc) is 2.73. The fourth-order valence-corrected chi connectivity index (χ4v) is 3.49.